The van der Waals surface area contributed by atoms with Crippen molar-refractivity contribution in [3.8, 4) is 11.5 Å². The van der Waals surface area contributed by atoms with Gasteiger partial charge in [-0.1, -0.05) is 12.1 Å². The van der Waals surface area contributed by atoms with Crippen LogP contribution in [-0.4, -0.2) is 27.4 Å². The van der Waals surface area contributed by atoms with Crippen molar-refractivity contribution in [1.29, 1.82) is 0 Å². The van der Waals surface area contributed by atoms with E-state index in [-0.39, 0.29) is 6.10 Å². The molecule has 2 atom stereocenters. The smallest absolute Gasteiger partial charge is 0.166 e. The topological polar surface area (TPSA) is 53.7 Å². The Balaban J connectivity index is 2.37. The largest absolute Gasteiger partial charge is 0.493 e. The van der Waals surface area contributed by atoms with Crippen molar-refractivity contribution in [2.24, 2.45) is 11.7 Å². The molecule has 4 nitrogen and oxygen atoms in total. The average Bonchev–Trinajstić information content (AvgIpc) is 2.85. The highest BCUT2D eigenvalue weighted by Crippen LogP contribution is 2.42. The predicted octanol–water partition coefficient (Wildman–Crippen LogP) is 1.74. The van der Waals surface area contributed by atoms with E-state index in [9.17, 15) is 0 Å². The third-order valence-electron chi connectivity index (χ3n) is 3.26. The number of benzene rings is 1. The Labute approximate surface area is 102 Å². The molecule has 0 aromatic heterocycles. The molecule has 1 aliphatic rings. The highest BCUT2D eigenvalue weighted by molar-refractivity contribution is 5.48. The van der Waals surface area contributed by atoms with Gasteiger partial charge in [0.15, 0.2) is 11.5 Å². The first-order valence-electron chi connectivity index (χ1n) is 5.84. The van der Waals surface area contributed by atoms with Gasteiger partial charge in [0.05, 0.1) is 20.3 Å². The van der Waals surface area contributed by atoms with E-state index in [4.69, 9.17) is 19.9 Å². The van der Waals surface area contributed by atoms with E-state index < -0.39 is 0 Å². The molecule has 0 amide bonds. The maximum absolute atomic E-state index is 5.77. The second kappa shape index (κ2) is 5.38. The first-order valence-corrected chi connectivity index (χ1v) is 5.84. The molecule has 0 bridgehead atoms. The zero-order chi connectivity index (χ0) is 12.3. The summed E-state index contributed by atoms with van der Waals surface area (Å²) in [6.07, 6.45) is 1.02. The van der Waals surface area contributed by atoms with Crippen molar-refractivity contribution < 1.29 is 14.2 Å². The molecule has 2 unspecified atom stereocenters. The van der Waals surface area contributed by atoms with E-state index in [0.717, 1.165) is 30.1 Å². The summed E-state index contributed by atoms with van der Waals surface area (Å²) >= 11 is 0. The van der Waals surface area contributed by atoms with Crippen molar-refractivity contribution >= 4 is 0 Å². The molecular formula is C13H19NO3. The van der Waals surface area contributed by atoms with Crippen LogP contribution >= 0.6 is 0 Å². The Morgan fingerprint density at radius 1 is 1.35 bits per heavy atom. The van der Waals surface area contributed by atoms with Crippen LogP contribution in [0.15, 0.2) is 18.2 Å². The van der Waals surface area contributed by atoms with Crippen LogP contribution < -0.4 is 15.2 Å². The lowest BCUT2D eigenvalue weighted by Gasteiger charge is -2.21. The second-order valence-corrected chi connectivity index (χ2v) is 4.16. The van der Waals surface area contributed by atoms with Crippen molar-refractivity contribution in [2.45, 2.75) is 12.5 Å². The Morgan fingerprint density at radius 2 is 2.18 bits per heavy atom. The molecule has 17 heavy (non-hydrogen) atoms. The molecule has 2 rings (SSSR count). The van der Waals surface area contributed by atoms with Crippen LogP contribution in [0.2, 0.25) is 0 Å². The van der Waals surface area contributed by atoms with Gasteiger partial charge in [0, 0.05) is 18.1 Å². The quantitative estimate of drug-likeness (QED) is 0.866. The van der Waals surface area contributed by atoms with Crippen molar-refractivity contribution in [3.05, 3.63) is 23.8 Å². The summed E-state index contributed by atoms with van der Waals surface area (Å²) < 4.78 is 16.5. The molecule has 0 spiro atoms. The Kier molecular flexibility index (Phi) is 3.86. The Morgan fingerprint density at radius 3 is 2.82 bits per heavy atom. The summed E-state index contributed by atoms with van der Waals surface area (Å²) in [6.45, 7) is 1.39. The van der Waals surface area contributed by atoms with Crippen LogP contribution in [0, 0.1) is 5.92 Å². The maximum atomic E-state index is 5.77. The molecule has 1 heterocycles. The van der Waals surface area contributed by atoms with E-state index in [1.54, 1.807) is 14.2 Å². The lowest BCUT2D eigenvalue weighted by atomic mass is 9.94. The Bertz CT molecular complexity index is 381. The van der Waals surface area contributed by atoms with Gasteiger partial charge in [-0.15, -0.1) is 0 Å². The molecule has 1 fully saturated rings. The van der Waals surface area contributed by atoms with E-state index in [2.05, 4.69) is 0 Å². The minimum absolute atomic E-state index is 0.0186. The molecule has 1 saturated heterocycles. The monoisotopic (exact) mass is 237 g/mol. The lowest BCUT2D eigenvalue weighted by Crippen LogP contribution is -2.18. The van der Waals surface area contributed by atoms with E-state index in [1.807, 2.05) is 18.2 Å². The normalized spacial score (nSPS) is 23.7. The van der Waals surface area contributed by atoms with Gasteiger partial charge in [-0.2, -0.15) is 0 Å². The van der Waals surface area contributed by atoms with Crippen molar-refractivity contribution in [2.75, 3.05) is 27.4 Å². The minimum atomic E-state index is 0.0186. The molecule has 0 radical (unpaired) electrons. The van der Waals surface area contributed by atoms with Crippen LogP contribution in [0.3, 0.4) is 0 Å². The molecule has 0 aliphatic carbocycles. The van der Waals surface area contributed by atoms with Gasteiger partial charge in [0.2, 0.25) is 0 Å². The number of ether oxygens (including phenoxy) is 3. The minimum Gasteiger partial charge on any atom is -0.493 e. The zero-order valence-corrected chi connectivity index (χ0v) is 10.3. The fraction of sp³-hybridized carbons (Fsp3) is 0.538. The van der Waals surface area contributed by atoms with Gasteiger partial charge in [0.1, 0.15) is 0 Å². The van der Waals surface area contributed by atoms with Crippen LogP contribution in [-0.2, 0) is 4.74 Å². The number of methoxy groups -OCH3 is 2. The average molecular weight is 237 g/mol. The number of hydrogen-bond donors (Lipinski definition) is 1. The number of hydrogen-bond acceptors (Lipinski definition) is 4. The van der Waals surface area contributed by atoms with Crippen LogP contribution in [0.4, 0.5) is 0 Å². The van der Waals surface area contributed by atoms with Crippen molar-refractivity contribution in [1.82, 2.24) is 0 Å². The van der Waals surface area contributed by atoms with Crippen molar-refractivity contribution in [3.63, 3.8) is 0 Å². The lowest BCUT2D eigenvalue weighted by molar-refractivity contribution is 0.0898. The van der Waals surface area contributed by atoms with Crippen LogP contribution in [0.5, 0.6) is 11.5 Å². The summed E-state index contributed by atoms with van der Waals surface area (Å²) in [5.74, 6) is 1.84. The molecule has 2 N–H and O–H groups in total. The highest BCUT2D eigenvalue weighted by Gasteiger charge is 2.31. The molecule has 94 valence electrons. The number of nitrogens with two attached hydrogens (primary N) is 1. The Hall–Kier alpha value is -1.26. The molecule has 1 aromatic carbocycles. The van der Waals surface area contributed by atoms with Gasteiger partial charge in [-0.05, 0) is 19.0 Å². The summed E-state index contributed by atoms with van der Waals surface area (Å²) in [7, 11) is 3.28. The summed E-state index contributed by atoms with van der Waals surface area (Å²) in [6, 6.07) is 5.85. The maximum Gasteiger partial charge on any atom is 0.166 e. The van der Waals surface area contributed by atoms with E-state index in [0.29, 0.717) is 12.5 Å². The van der Waals surface area contributed by atoms with E-state index in [1.165, 1.54) is 0 Å². The van der Waals surface area contributed by atoms with Crippen LogP contribution in [0.25, 0.3) is 0 Å². The fourth-order valence-electron chi connectivity index (χ4n) is 2.36. The molecule has 0 saturated carbocycles. The fourth-order valence-corrected chi connectivity index (χ4v) is 2.36. The summed E-state index contributed by atoms with van der Waals surface area (Å²) in [5.41, 5.74) is 6.80. The van der Waals surface area contributed by atoms with Gasteiger partial charge in [-0.25, -0.2) is 0 Å². The molecule has 1 aliphatic heterocycles. The first kappa shape index (κ1) is 12.2. The van der Waals surface area contributed by atoms with E-state index >= 15 is 0 Å². The van der Waals surface area contributed by atoms with Gasteiger partial charge in [-0.3, -0.25) is 0 Å². The van der Waals surface area contributed by atoms with Gasteiger partial charge in [0.25, 0.3) is 0 Å². The molecule has 4 heteroatoms. The molecule has 1 aromatic rings. The molecular weight excluding hydrogens is 218 g/mol. The summed E-state index contributed by atoms with van der Waals surface area (Å²) in [4.78, 5) is 0. The highest BCUT2D eigenvalue weighted by atomic mass is 16.5. The van der Waals surface area contributed by atoms with Gasteiger partial charge >= 0.3 is 0 Å². The third kappa shape index (κ3) is 2.23. The number of rotatable bonds is 4. The standard InChI is InChI=1S/C13H19NO3/c1-15-11-5-3-4-10(13(11)16-2)12-9(8-14)6-7-17-12/h3-5,9,12H,6-8,14H2,1-2H3. The zero-order valence-electron chi connectivity index (χ0n) is 10.3. The SMILES string of the molecule is COc1cccc(C2OCCC2CN)c1OC. The third-order valence-corrected chi connectivity index (χ3v) is 3.26. The second-order valence-electron chi connectivity index (χ2n) is 4.16. The van der Waals surface area contributed by atoms with Gasteiger partial charge < -0.3 is 19.9 Å². The first-order chi connectivity index (χ1) is 8.31. The predicted molar refractivity (Wildman–Crippen MR) is 65.4 cm³/mol. The number of para-hydroxylation sites is 1. The summed E-state index contributed by atoms with van der Waals surface area (Å²) in [5, 5.41) is 0. The van der Waals surface area contributed by atoms with Crippen LogP contribution in [0.1, 0.15) is 18.1 Å².